The number of nitrogens with zero attached hydrogens (tertiary/aromatic N) is 1. The van der Waals surface area contributed by atoms with E-state index in [-0.39, 0.29) is 5.91 Å². The van der Waals surface area contributed by atoms with Crippen molar-refractivity contribution in [2.75, 3.05) is 13.1 Å². The van der Waals surface area contributed by atoms with Crippen molar-refractivity contribution in [1.29, 1.82) is 0 Å². The van der Waals surface area contributed by atoms with Gasteiger partial charge >= 0.3 is 0 Å². The number of aryl methyl sites for hydroxylation is 1. The second kappa shape index (κ2) is 6.06. The Labute approximate surface area is 123 Å². The van der Waals surface area contributed by atoms with Gasteiger partial charge in [-0.2, -0.15) is 0 Å². The summed E-state index contributed by atoms with van der Waals surface area (Å²) >= 11 is 3.49. The van der Waals surface area contributed by atoms with Crippen LogP contribution in [0.2, 0.25) is 0 Å². The van der Waals surface area contributed by atoms with E-state index in [1.54, 1.807) is 0 Å². The summed E-state index contributed by atoms with van der Waals surface area (Å²) in [4.78, 5) is 14.6. The highest BCUT2D eigenvalue weighted by Crippen LogP contribution is 2.25. The van der Waals surface area contributed by atoms with E-state index in [1.807, 2.05) is 30.0 Å². The first kappa shape index (κ1) is 14.5. The Morgan fingerprint density at radius 1 is 1.47 bits per heavy atom. The van der Waals surface area contributed by atoms with Crippen molar-refractivity contribution in [3.8, 4) is 0 Å². The third kappa shape index (κ3) is 3.18. The van der Waals surface area contributed by atoms with Crippen molar-refractivity contribution in [1.82, 2.24) is 4.90 Å². The van der Waals surface area contributed by atoms with Crippen LogP contribution in [0, 0.1) is 12.8 Å². The Balaban J connectivity index is 2.19. The van der Waals surface area contributed by atoms with Crippen molar-refractivity contribution in [2.45, 2.75) is 32.7 Å². The van der Waals surface area contributed by atoms with Gasteiger partial charge in [0.15, 0.2) is 0 Å². The molecule has 1 aromatic carbocycles. The summed E-state index contributed by atoms with van der Waals surface area (Å²) in [6.07, 6.45) is 2.17. The molecule has 1 aliphatic heterocycles. The van der Waals surface area contributed by atoms with Gasteiger partial charge in [-0.3, -0.25) is 4.79 Å². The maximum absolute atomic E-state index is 12.6. The molecule has 2 unspecified atom stereocenters. The minimum atomic E-state index is 0.117. The number of carbonyl (C=O) groups excluding carboxylic acids is 1. The first-order valence-electron chi connectivity index (χ1n) is 6.80. The van der Waals surface area contributed by atoms with Crippen molar-refractivity contribution < 1.29 is 4.79 Å². The van der Waals surface area contributed by atoms with Crippen LogP contribution in [0.4, 0.5) is 0 Å². The molecule has 0 aliphatic carbocycles. The number of benzene rings is 1. The minimum Gasteiger partial charge on any atom is -0.336 e. The maximum Gasteiger partial charge on any atom is 0.254 e. The van der Waals surface area contributed by atoms with E-state index in [2.05, 4.69) is 22.9 Å². The predicted molar refractivity (Wildman–Crippen MR) is 81.2 cm³/mol. The van der Waals surface area contributed by atoms with Crippen LogP contribution in [-0.4, -0.2) is 29.9 Å². The van der Waals surface area contributed by atoms with E-state index < -0.39 is 0 Å². The lowest BCUT2D eigenvalue weighted by molar-refractivity contribution is 0.0567. The molecular formula is C15H21BrN2O. The van der Waals surface area contributed by atoms with Crippen LogP contribution >= 0.6 is 15.9 Å². The molecule has 0 saturated carbocycles. The topological polar surface area (TPSA) is 46.3 Å². The third-order valence-corrected chi connectivity index (χ3v) is 4.85. The molecule has 0 spiro atoms. The zero-order chi connectivity index (χ0) is 14.0. The molecule has 1 fully saturated rings. The van der Waals surface area contributed by atoms with E-state index in [4.69, 9.17) is 5.73 Å². The summed E-state index contributed by atoms with van der Waals surface area (Å²) in [6, 6.07) is 6.10. The summed E-state index contributed by atoms with van der Waals surface area (Å²) in [5, 5.41) is 0. The molecule has 1 aliphatic rings. The standard InChI is InChI=1S/C15H21BrN2O/c1-10-3-6-13(7-14(10)16)15(19)18-9-12(8-17)5-4-11(18)2/h3,6-7,11-12H,4-5,8-9,17H2,1-2H3. The molecule has 19 heavy (non-hydrogen) atoms. The minimum absolute atomic E-state index is 0.117. The average molecular weight is 325 g/mol. The molecule has 0 radical (unpaired) electrons. The van der Waals surface area contributed by atoms with Crippen LogP contribution in [-0.2, 0) is 0 Å². The second-order valence-electron chi connectivity index (χ2n) is 5.45. The molecule has 1 amide bonds. The first-order chi connectivity index (χ1) is 9.02. The Bertz CT molecular complexity index is 475. The average Bonchev–Trinajstić information content (AvgIpc) is 2.41. The van der Waals surface area contributed by atoms with Crippen LogP contribution in [0.25, 0.3) is 0 Å². The Morgan fingerprint density at radius 2 is 2.21 bits per heavy atom. The van der Waals surface area contributed by atoms with Gasteiger partial charge in [0.05, 0.1) is 0 Å². The smallest absolute Gasteiger partial charge is 0.254 e. The molecule has 1 saturated heterocycles. The van der Waals surface area contributed by atoms with Crippen LogP contribution in [0.1, 0.15) is 35.7 Å². The number of piperidine rings is 1. The summed E-state index contributed by atoms with van der Waals surface area (Å²) < 4.78 is 0.985. The molecule has 2 N–H and O–H groups in total. The molecule has 3 nitrogen and oxygen atoms in total. The molecule has 1 heterocycles. The van der Waals surface area contributed by atoms with Crippen LogP contribution in [0.15, 0.2) is 22.7 Å². The second-order valence-corrected chi connectivity index (χ2v) is 6.30. The van der Waals surface area contributed by atoms with Gasteiger partial charge in [-0.15, -0.1) is 0 Å². The van der Waals surface area contributed by atoms with E-state index >= 15 is 0 Å². The summed E-state index contributed by atoms with van der Waals surface area (Å²) in [6.45, 7) is 5.58. The number of rotatable bonds is 2. The van der Waals surface area contributed by atoms with E-state index in [0.717, 1.165) is 35.0 Å². The van der Waals surface area contributed by atoms with Crippen molar-refractivity contribution in [3.63, 3.8) is 0 Å². The van der Waals surface area contributed by atoms with Gasteiger partial charge in [0.25, 0.3) is 5.91 Å². The zero-order valence-corrected chi connectivity index (χ0v) is 13.1. The first-order valence-corrected chi connectivity index (χ1v) is 7.59. The highest BCUT2D eigenvalue weighted by atomic mass is 79.9. The number of hydrogen-bond donors (Lipinski definition) is 1. The monoisotopic (exact) mass is 324 g/mol. The molecule has 1 aromatic rings. The van der Waals surface area contributed by atoms with Gasteiger partial charge < -0.3 is 10.6 Å². The third-order valence-electron chi connectivity index (χ3n) is 3.99. The lowest BCUT2D eigenvalue weighted by atomic mass is 9.93. The number of hydrogen-bond acceptors (Lipinski definition) is 2. The molecule has 0 aromatic heterocycles. The lowest BCUT2D eigenvalue weighted by Gasteiger charge is -2.37. The quantitative estimate of drug-likeness (QED) is 0.909. The van der Waals surface area contributed by atoms with E-state index in [0.29, 0.717) is 18.5 Å². The van der Waals surface area contributed by atoms with Gasteiger partial charge in [0.2, 0.25) is 0 Å². The number of likely N-dealkylation sites (tertiary alicyclic amines) is 1. The number of nitrogens with two attached hydrogens (primary N) is 1. The lowest BCUT2D eigenvalue weighted by Crippen LogP contribution is -2.47. The number of halogens is 1. The van der Waals surface area contributed by atoms with Crippen molar-refractivity contribution >= 4 is 21.8 Å². The van der Waals surface area contributed by atoms with Crippen molar-refractivity contribution in [2.24, 2.45) is 11.7 Å². The maximum atomic E-state index is 12.6. The van der Waals surface area contributed by atoms with Gasteiger partial charge in [0.1, 0.15) is 0 Å². The van der Waals surface area contributed by atoms with E-state index in [9.17, 15) is 4.79 Å². The fraction of sp³-hybridized carbons (Fsp3) is 0.533. The predicted octanol–water partition coefficient (Wildman–Crippen LogP) is 2.96. The normalized spacial score (nSPS) is 23.5. The van der Waals surface area contributed by atoms with Gasteiger partial charge in [-0.1, -0.05) is 22.0 Å². The summed E-state index contributed by atoms with van der Waals surface area (Å²) in [5.41, 5.74) is 7.64. The van der Waals surface area contributed by atoms with Gasteiger partial charge in [-0.05, 0) is 56.8 Å². The summed E-state index contributed by atoms with van der Waals surface area (Å²) in [5.74, 6) is 0.556. The molecule has 2 rings (SSSR count). The van der Waals surface area contributed by atoms with Crippen LogP contribution < -0.4 is 5.73 Å². The number of carbonyl (C=O) groups is 1. The fourth-order valence-corrected chi connectivity index (χ4v) is 2.93. The Morgan fingerprint density at radius 3 is 2.84 bits per heavy atom. The molecule has 0 bridgehead atoms. The molecule has 2 atom stereocenters. The Kier molecular flexibility index (Phi) is 4.63. The van der Waals surface area contributed by atoms with Crippen LogP contribution in [0.3, 0.4) is 0 Å². The van der Waals surface area contributed by atoms with Gasteiger partial charge in [0, 0.05) is 22.6 Å². The molecule has 104 valence electrons. The Hall–Kier alpha value is -0.870. The van der Waals surface area contributed by atoms with Gasteiger partial charge in [-0.25, -0.2) is 0 Å². The molecular weight excluding hydrogens is 304 g/mol. The molecule has 4 heteroatoms. The van der Waals surface area contributed by atoms with Crippen molar-refractivity contribution in [3.05, 3.63) is 33.8 Å². The van der Waals surface area contributed by atoms with E-state index in [1.165, 1.54) is 0 Å². The fourth-order valence-electron chi connectivity index (χ4n) is 2.55. The number of amides is 1. The highest BCUT2D eigenvalue weighted by molar-refractivity contribution is 9.10. The zero-order valence-electron chi connectivity index (χ0n) is 11.5. The SMILES string of the molecule is Cc1ccc(C(=O)N2CC(CN)CCC2C)cc1Br. The van der Waals surface area contributed by atoms with Crippen LogP contribution in [0.5, 0.6) is 0 Å². The highest BCUT2D eigenvalue weighted by Gasteiger charge is 2.28. The largest absolute Gasteiger partial charge is 0.336 e. The summed E-state index contributed by atoms with van der Waals surface area (Å²) in [7, 11) is 0.